The van der Waals surface area contributed by atoms with Gasteiger partial charge in [0.15, 0.2) is 8.32 Å². The number of allylic oxidation sites excluding steroid dienone is 1. The summed E-state index contributed by atoms with van der Waals surface area (Å²) in [6, 6.07) is 7.31. The molecule has 0 fully saturated rings. The van der Waals surface area contributed by atoms with Gasteiger partial charge in [-0.05, 0) is 68.1 Å². The third-order valence-electron chi connectivity index (χ3n) is 5.81. The van der Waals surface area contributed by atoms with Gasteiger partial charge in [0, 0.05) is 6.20 Å². The first-order valence-electron chi connectivity index (χ1n) is 9.88. The lowest BCUT2D eigenvalue weighted by Gasteiger charge is -2.34. The van der Waals surface area contributed by atoms with Crippen molar-refractivity contribution in [1.29, 1.82) is 0 Å². The van der Waals surface area contributed by atoms with E-state index in [-0.39, 0.29) is 18.0 Å². The molecule has 1 aromatic rings. The molecule has 2 unspecified atom stereocenters. The van der Waals surface area contributed by atoms with Crippen LogP contribution < -0.4 is 0 Å². The third kappa shape index (κ3) is 4.26. The number of aryl methyl sites for hydroxylation is 1. The average molecular weight is 376 g/mol. The highest BCUT2D eigenvalue weighted by atomic mass is 28.4. The second-order valence-electron chi connectivity index (χ2n) is 7.23. The molecule has 0 spiro atoms. The Labute approximate surface area is 159 Å². The molecular formula is C21H33NO3Si. The number of carbonyl (C=O) groups is 1. The Balaban J connectivity index is 2.40. The normalized spacial score (nSPS) is 20.5. The van der Waals surface area contributed by atoms with Crippen LogP contribution in [0.1, 0.15) is 52.3 Å². The van der Waals surface area contributed by atoms with Gasteiger partial charge in [-0.25, -0.2) is 0 Å². The lowest BCUT2D eigenvalue weighted by molar-refractivity contribution is -0.150. The Morgan fingerprint density at radius 2 is 1.81 bits per heavy atom. The Morgan fingerprint density at radius 1 is 1.15 bits per heavy atom. The molecule has 0 radical (unpaired) electrons. The van der Waals surface area contributed by atoms with E-state index in [1.165, 1.54) is 0 Å². The van der Waals surface area contributed by atoms with Crippen LogP contribution in [0.3, 0.4) is 0 Å². The van der Waals surface area contributed by atoms with Crippen molar-refractivity contribution in [2.45, 2.75) is 72.2 Å². The van der Waals surface area contributed by atoms with E-state index in [2.05, 4.69) is 38.7 Å². The minimum absolute atomic E-state index is 0.148. The molecule has 0 amide bonds. The van der Waals surface area contributed by atoms with Crippen molar-refractivity contribution in [2.75, 3.05) is 6.61 Å². The molecule has 2 rings (SSSR count). The minimum Gasteiger partial charge on any atom is -0.466 e. The summed E-state index contributed by atoms with van der Waals surface area (Å²) in [5.41, 5.74) is 4.37. The summed E-state index contributed by atoms with van der Waals surface area (Å²) >= 11 is 0. The molecule has 26 heavy (non-hydrogen) atoms. The first-order valence-corrected chi connectivity index (χ1v) is 12.4. The predicted octanol–water partition coefficient (Wildman–Crippen LogP) is 5.14. The third-order valence-corrected chi connectivity index (χ3v) is 10.4. The van der Waals surface area contributed by atoms with E-state index in [1.54, 1.807) is 0 Å². The lowest BCUT2D eigenvalue weighted by Crippen LogP contribution is -2.43. The number of pyridine rings is 1. The van der Waals surface area contributed by atoms with Gasteiger partial charge in [-0.1, -0.05) is 26.8 Å². The van der Waals surface area contributed by atoms with Gasteiger partial charge >= 0.3 is 5.97 Å². The molecule has 0 N–H and O–H groups in total. The van der Waals surface area contributed by atoms with E-state index in [0.29, 0.717) is 13.0 Å². The Bertz CT molecular complexity index is 641. The fourth-order valence-electron chi connectivity index (χ4n) is 3.81. The zero-order valence-electron chi connectivity index (χ0n) is 17.1. The summed E-state index contributed by atoms with van der Waals surface area (Å²) in [6.45, 7) is 13.0. The van der Waals surface area contributed by atoms with Gasteiger partial charge in [-0.3, -0.25) is 9.78 Å². The molecule has 0 aromatic carbocycles. The lowest BCUT2D eigenvalue weighted by atomic mass is 10.0. The van der Waals surface area contributed by atoms with E-state index < -0.39 is 8.32 Å². The smallest absolute Gasteiger partial charge is 0.312 e. The molecule has 0 saturated heterocycles. The van der Waals surface area contributed by atoms with Gasteiger partial charge in [0.25, 0.3) is 0 Å². The number of ether oxygens (including phenoxy) is 1. The molecule has 1 aliphatic carbocycles. The Morgan fingerprint density at radius 3 is 2.31 bits per heavy atom. The fourth-order valence-corrected chi connectivity index (χ4v) is 6.69. The van der Waals surface area contributed by atoms with Crippen LogP contribution in [-0.2, 0) is 14.0 Å². The molecule has 4 nitrogen and oxygen atoms in total. The van der Waals surface area contributed by atoms with Gasteiger partial charge in [0.2, 0.25) is 0 Å². The van der Waals surface area contributed by atoms with Gasteiger partial charge < -0.3 is 9.16 Å². The van der Waals surface area contributed by atoms with E-state index in [4.69, 9.17) is 9.16 Å². The van der Waals surface area contributed by atoms with Crippen molar-refractivity contribution >= 4 is 19.9 Å². The molecule has 144 valence electrons. The monoisotopic (exact) mass is 375 g/mol. The van der Waals surface area contributed by atoms with Crippen molar-refractivity contribution in [2.24, 2.45) is 5.92 Å². The van der Waals surface area contributed by atoms with Gasteiger partial charge in [0.1, 0.15) is 0 Å². The highest BCUT2D eigenvalue weighted by Gasteiger charge is 2.44. The molecule has 1 heterocycles. The van der Waals surface area contributed by atoms with Crippen molar-refractivity contribution in [3.05, 3.63) is 35.2 Å². The molecular weight excluding hydrogens is 342 g/mol. The second kappa shape index (κ2) is 8.96. The fraction of sp³-hybridized carbons (Fsp3) is 0.619. The summed E-state index contributed by atoms with van der Waals surface area (Å²) < 4.78 is 12.1. The average Bonchev–Trinajstić information content (AvgIpc) is 2.97. The second-order valence-corrected chi connectivity index (χ2v) is 12.0. The molecule has 0 bridgehead atoms. The zero-order chi connectivity index (χ0) is 19.3. The van der Waals surface area contributed by atoms with Crippen LogP contribution in [0.2, 0.25) is 18.1 Å². The Kier molecular flexibility index (Phi) is 7.18. The SMILES string of the molecule is CCOC(=O)C1CC(c2ccc(C)cn2)=C(C)C1O[Si](CC)(CC)CC. The van der Waals surface area contributed by atoms with Crippen LogP contribution in [0.4, 0.5) is 0 Å². The van der Waals surface area contributed by atoms with Crippen molar-refractivity contribution in [3.63, 3.8) is 0 Å². The molecule has 0 aliphatic heterocycles. The number of carbonyl (C=O) groups excluding carboxylic acids is 1. The number of hydrogen-bond acceptors (Lipinski definition) is 4. The van der Waals surface area contributed by atoms with E-state index >= 15 is 0 Å². The number of nitrogens with zero attached hydrogens (tertiary/aromatic N) is 1. The molecule has 0 saturated carbocycles. The van der Waals surface area contributed by atoms with Gasteiger partial charge in [-0.2, -0.15) is 0 Å². The van der Waals surface area contributed by atoms with E-state index in [9.17, 15) is 4.79 Å². The molecule has 2 atom stereocenters. The molecule has 1 aromatic heterocycles. The van der Waals surface area contributed by atoms with Crippen LogP contribution >= 0.6 is 0 Å². The first kappa shape index (κ1) is 20.8. The summed E-state index contributed by atoms with van der Waals surface area (Å²) in [7, 11) is -1.84. The highest BCUT2D eigenvalue weighted by Crippen LogP contribution is 2.42. The van der Waals surface area contributed by atoms with Crippen molar-refractivity contribution < 1.29 is 14.0 Å². The first-order chi connectivity index (χ1) is 12.4. The highest BCUT2D eigenvalue weighted by molar-refractivity contribution is 6.73. The van der Waals surface area contributed by atoms with Crippen LogP contribution in [0.25, 0.3) is 5.57 Å². The van der Waals surface area contributed by atoms with E-state index in [0.717, 1.165) is 40.5 Å². The van der Waals surface area contributed by atoms with Gasteiger partial charge in [-0.15, -0.1) is 0 Å². The Hall–Kier alpha value is -1.46. The van der Waals surface area contributed by atoms with E-state index in [1.807, 2.05) is 26.1 Å². The van der Waals surface area contributed by atoms with Crippen LogP contribution in [0.5, 0.6) is 0 Å². The molecule has 1 aliphatic rings. The summed E-state index contributed by atoms with van der Waals surface area (Å²) in [5, 5.41) is 0. The van der Waals surface area contributed by atoms with Crippen molar-refractivity contribution in [3.8, 4) is 0 Å². The van der Waals surface area contributed by atoms with Gasteiger partial charge in [0.05, 0.1) is 24.3 Å². The predicted molar refractivity (Wildman–Crippen MR) is 108 cm³/mol. The summed E-state index contributed by atoms with van der Waals surface area (Å²) in [4.78, 5) is 17.2. The maximum Gasteiger partial charge on any atom is 0.312 e. The maximum absolute atomic E-state index is 12.6. The van der Waals surface area contributed by atoms with Crippen LogP contribution in [-0.4, -0.2) is 32.0 Å². The van der Waals surface area contributed by atoms with Crippen LogP contribution in [0, 0.1) is 12.8 Å². The quantitative estimate of drug-likeness (QED) is 0.466. The van der Waals surface area contributed by atoms with Crippen LogP contribution in [0.15, 0.2) is 23.9 Å². The maximum atomic E-state index is 12.6. The van der Waals surface area contributed by atoms with Crippen molar-refractivity contribution in [1.82, 2.24) is 4.98 Å². The molecule has 5 heteroatoms. The number of aromatic nitrogens is 1. The minimum atomic E-state index is -1.84. The number of hydrogen-bond donors (Lipinski definition) is 0. The number of rotatable bonds is 8. The number of esters is 1. The summed E-state index contributed by atoms with van der Waals surface area (Å²) in [6.07, 6.45) is 2.35. The topological polar surface area (TPSA) is 48.4 Å². The standard InChI is InChI=1S/C21H33NO3Si/c1-7-24-21(23)18-13-17(19-12-11-15(5)14-22-19)16(6)20(18)25-26(8-2,9-3)10-4/h11-12,14,18,20H,7-10,13H2,1-6H3. The summed E-state index contributed by atoms with van der Waals surface area (Å²) in [5.74, 6) is -0.408. The largest absolute Gasteiger partial charge is 0.466 e. The zero-order valence-corrected chi connectivity index (χ0v) is 18.1.